The Bertz CT molecular complexity index is 1190. The fraction of sp³-hybridized carbons (Fsp3) is 0.914. The second-order valence-corrected chi connectivity index (χ2v) is 23.9. The SMILES string of the molecule is CCCCCCCC/C=C\CCCCCCCC(=O)OCCCCCCCCCCCCCCCCCCCCCCCCCCCC(=O)NC(CO)C(O)/C=C/CCCCCCCCCCCCCCCCCCC. The van der Waals surface area contributed by atoms with Crippen LogP contribution in [-0.2, 0) is 14.3 Å². The molecule has 0 aromatic heterocycles. The number of aliphatic hydroxyl groups excluding tert-OH is 2. The van der Waals surface area contributed by atoms with Crippen LogP contribution in [0.1, 0.15) is 386 Å². The Morgan fingerprint density at radius 1 is 0.355 bits per heavy atom. The van der Waals surface area contributed by atoms with Crippen molar-refractivity contribution >= 4 is 11.9 Å². The molecule has 0 aliphatic rings. The summed E-state index contributed by atoms with van der Waals surface area (Å²) in [6.07, 6.45) is 82.5. The molecule has 3 N–H and O–H groups in total. The fourth-order valence-corrected chi connectivity index (χ4v) is 10.9. The molecule has 0 heterocycles. The molecular weight excluding hydrogens is 935 g/mol. The van der Waals surface area contributed by atoms with E-state index in [0.717, 1.165) is 44.9 Å². The van der Waals surface area contributed by atoms with Gasteiger partial charge in [-0.3, -0.25) is 9.59 Å². The van der Waals surface area contributed by atoms with Gasteiger partial charge >= 0.3 is 5.97 Å². The molecule has 6 heteroatoms. The first-order valence-electron chi connectivity index (χ1n) is 34.6. The van der Waals surface area contributed by atoms with Gasteiger partial charge in [0, 0.05) is 12.8 Å². The third kappa shape index (κ3) is 61.6. The van der Waals surface area contributed by atoms with E-state index in [2.05, 4.69) is 31.3 Å². The molecule has 0 aromatic carbocycles. The molecule has 6 nitrogen and oxygen atoms in total. The van der Waals surface area contributed by atoms with Gasteiger partial charge in [0.15, 0.2) is 0 Å². The molecule has 0 aliphatic carbocycles. The van der Waals surface area contributed by atoms with Crippen LogP contribution in [0, 0.1) is 0 Å². The van der Waals surface area contributed by atoms with Crippen LogP contribution in [0.5, 0.6) is 0 Å². The first-order valence-corrected chi connectivity index (χ1v) is 34.6. The van der Waals surface area contributed by atoms with Gasteiger partial charge < -0.3 is 20.3 Å². The Morgan fingerprint density at radius 2 is 0.618 bits per heavy atom. The number of rotatable bonds is 65. The van der Waals surface area contributed by atoms with Crippen LogP contribution < -0.4 is 5.32 Å². The number of hydrogen-bond donors (Lipinski definition) is 3. The third-order valence-corrected chi connectivity index (χ3v) is 16.2. The maximum Gasteiger partial charge on any atom is 0.305 e. The normalized spacial score (nSPS) is 12.6. The van der Waals surface area contributed by atoms with E-state index in [-0.39, 0.29) is 18.5 Å². The zero-order valence-electron chi connectivity index (χ0n) is 51.5. The van der Waals surface area contributed by atoms with Gasteiger partial charge in [-0.05, 0) is 57.8 Å². The summed E-state index contributed by atoms with van der Waals surface area (Å²) in [6.45, 7) is 4.93. The van der Waals surface area contributed by atoms with E-state index in [1.54, 1.807) is 6.08 Å². The van der Waals surface area contributed by atoms with Crippen LogP contribution in [0.3, 0.4) is 0 Å². The minimum atomic E-state index is -0.844. The number of nitrogens with one attached hydrogen (secondary N) is 1. The molecule has 0 fully saturated rings. The topological polar surface area (TPSA) is 95.9 Å². The molecule has 450 valence electrons. The lowest BCUT2D eigenvalue weighted by molar-refractivity contribution is -0.143. The van der Waals surface area contributed by atoms with Gasteiger partial charge in [-0.15, -0.1) is 0 Å². The van der Waals surface area contributed by atoms with Gasteiger partial charge in [0.25, 0.3) is 0 Å². The Kier molecular flexibility index (Phi) is 64.4. The van der Waals surface area contributed by atoms with Gasteiger partial charge in [0.05, 0.1) is 25.4 Å². The van der Waals surface area contributed by atoms with Crippen LogP contribution in [0.15, 0.2) is 24.3 Å². The third-order valence-electron chi connectivity index (χ3n) is 16.2. The van der Waals surface area contributed by atoms with Crippen molar-refractivity contribution in [2.45, 2.75) is 398 Å². The van der Waals surface area contributed by atoms with Crippen molar-refractivity contribution in [3.63, 3.8) is 0 Å². The second kappa shape index (κ2) is 65.9. The first-order chi connectivity index (χ1) is 37.5. The van der Waals surface area contributed by atoms with Crippen molar-refractivity contribution in [3.05, 3.63) is 24.3 Å². The van der Waals surface area contributed by atoms with E-state index in [1.165, 1.54) is 315 Å². The maximum atomic E-state index is 12.5. The van der Waals surface area contributed by atoms with Gasteiger partial charge in [0.2, 0.25) is 5.91 Å². The van der Waals surface area contributed by atoms with E-state index in [9.17, 15) is 19.8 Å². The lowest BCUT2D eigenvalue weighted by atomic mass is 10.0. The van der Waals surface area contributed by atoms with Gasteiger partial charge in [-0.25, -0.2) is 0 Å². The molecule has 2 unspecified atom stereocenters. The average Bonchev–Trinajstić information content (AvgIpc) is 3.42. The molecule has 0 rings (SSSR count). The van der Waals surface area contributed by atoms with Crippen LogP contribution in [0.4, 0.5) is 0 Å². The predicted octanol–water partition coefficient (Wildman–Crippen LogP) is 22.1. The summed E-state index contributed by atoms with van der Waals surface area (Å²) in [5.41, 5.74) is 0. The highest BCUT2D eigenvalue weighted by Crippen LogP contribution is 2.19. The van der Waals surface area contributed by atoms with Gasteiger partial charge in [-0.1, -0.05) is 340 Å². The molecule has 0 aliphatic heterocycles. The monoisotopic (exact) mass is 1070 g/mol. The Balaban J connectivity index is 3.38. The smallest absolute Gasteiger partial charge is 0.305 e. The lowest BCUT2D eigenvalue weighted by Crippen LogP contribution is -2.45. The van der Waals surface area contributed by atoms with Crippen molar-refractivity contribution < 1.29 is 24.5 Å². The van der Waals surface area contributed by atoms with Gasteiger partial charge in [-0.2, -0.15) is 0 Å². The molecule has 1 amide bonds. The van der Waals surface area contributed by atoms with Crippen molar-refractivity contribution in [1.29, 1.82) is 0 Å². The summed E-state index contributed by atoms with van der Waals surface area (Å²) in [4.78, 5) is 24.6. The summed E-state index contributed by atoms with van der Waals surface area (Å²) in [5, 5.41) is 23.2. The quantitative estimate of drug-likeness (QED) is 0.0320. The highest BCUT2D eigenvalue weighted by atomic mass is 16.5. The van der Waals surface area contributed by atoms with Crippen molar-refractivity contribution in [2.24, 2.45) is 0 Å². The van der Waals surface area contributed by atoms with Crippen LogP contribution >= 0.6 is 0 Å². The Hall–Kier alpha value is -1.66. The Morgan fingerprint density at radius 3 is 0.934 bits per heavy atom. The number of carbonyl (C=O) groups excluding carboxylic acids is 2. The number of allylic oxidation sites excluding steroid dienone is 3. The predicted molar refractivity (Wildman–Crippen MR) is 333 cm³/mol. The van der Waals surface area contributed by atoms with Crippen molar-refractivity contribution in [1.82, 2.24) is 5.32 Å². The number of unbranched alkanes of at least 4 members (excludes halogenated alkanes) is 52. The number of hydrogen-bond acceptors (Lipinski definition) is 5. The highest BCUT2D eigenvalue weighted by Gasteiger charge is 2.18. The molecule has 0 saturated carbocycles. The minimum absolute atomic E-state index is 0.00871. The van der Waals surface area contributed by atoms with E-state index in [4.69, 9.17) is 4.74 Å². The average molecular weight is 1070 g/mol. The van der Waals surface area contributed by atoms with E-state index in [0.29, 0.717) is 19.4 Å². The number of carbonyl (C=O) groups is 2. The zero-order valence-corrected chi connectivity index (χ0v) is 51.5. The molecule has 2 atom stereocenters. The second-order valence-electron chi connectivity index (χ2n) is 23.9. The van der Waals surface area contributed by atoms with E-state index < -0.39 is 12.1 Å². The fourth-order valence-electron chi connectivity index (χ4n) is 10.9. The van der Waals surface area contributed by atoms with E-state index >= 15 is 0 Å². The number of ether oxygens (including phenoxy) is 1. The molecule has 0 spiro atoms. The summed E-state index contributed by atoms with van der Waals surface area (Å²) in [5.74, 6) is -0.0540. The molecular formula is C70H135NO5. The highest BCUT2D eigenvalue weighted by molar-refractivity contribution is 5.76. The van der Waals surface area contributed by atoms with E-state index in [1.807, 2.05) is 6.08 Å². The first kappa shape index (κ1) is 74.3. The molecule has 0 radical (unpaired) electrons. The largest absolute Gasteiger partial charge is 0.466 e. The molecule has 0 bridgehead atoms. The standard InChI is InChI=1S/C70H135NO5/c1-3-5-7-9-11-13-15-17-19-20-28-31-35-38-42-46-50-54-58-62-68(73)67(66-72)71-69(74)63-59-55-51-47-43-39-36-32-29-26-24-22-21-23-25-27-30-33-37-41-45-49-53-57-61-65-76-70(75)64-60-56-52-48-44-40-34-18-16-14-12-10-8-6-4-2/h18,34,58,62,67-68,72-73H,3-17,19-33,35-57,59-61,63-66H2,1-2H3,(H,71,74)/b34-18-,62-58+. The molecule has 76 heavy (non-hydrogen) atoms. The van der Waals surface area contributed by atoms with Crippen LogP contribution in [0.2, 0.25) is 0 Å². The number of amides is 1. The van der Waals surface area contributed by atoms with Crippen LogP contribution in [0.25, 0.3) is 0 Å². The summed E-state index contributed by atoms with van der Waals surface area (Å²) >= 11 is 0. The molecule has 0 saturated heterocycles. The lowest BCUT2D eigenvalue weighted by Gasteiger charge is -2.20. The number of aliphatic hydroxyl groups is 2. The maximum absolute atomic E-state index is 12.5. The number of esters is 1. The molecule has 0 aromatic rings. The minimum Gasteiger partial charge on any atom is -0.466 e. The van der Waals surface area contributed by atoms with Gasteiger partial charge in [0.1, 0.15) is 0 Å². The van der Waals surface area contributed by atoms with Crippen molar-refractivity contribution in [2.75, 3.05) is 13.2 Å². The Labute approximate surface area is 475 Å². The summed E-state index contributed by atoms with van der Waals surface area (Å²) < 4.78 is 5.49. The zero-order chi connectivity index (χ0) is 55.0. The van der Waals surface area contributed by atoms with Crippen molar-refractivity contribution in [3.8, 4) is 0 Å². The summed E-state index contributed by atoms with van der Waals surface area (Å²) in [6, 6.07) is -0.627. The summed E-state index contributed by atoms with van der Waals surface area (Å²) in [7, 11) is 0. The van der Waals surface area contributed by atoms with Crippen LogP contribution in [-0.4, -0.2) is 47.4 Å².